The maximum absolute atomic E-state index is 5.66. The van der Waals surface area contributed by atoms with Crippen molar-refractivity contribution in [3.05, 3.63) is 45.4 Å². The van der Waals surface area contributed by atoms with Crippen LogP contribution < -0.4 is 15.4 Å². The first-order valence-electron chi connectivity index (χ1n) is 10.4. The van der Waals surface area contributed by atoms with Crippen LogP contribution in [0.5, 0.6) is 5.75 Å². The van der Waals surface area contributed by atoms with Gasteiger partial charge in [0.2, 0.25) is 0 Å². The summed E-state index contributed by atoms with van der Waals surface area (Å²) in [4.78, 5) is 12.8. The Morgan fingerprint density at radius 3 is 2.57 bits per heavy atom. The SMILES string of the molecule is CN=C(NCc1nc(C)c(C)s1)NCC(c1ccccc1OC)N1CCCCC1.I. The molecule has 0 bridgehead atoms. The molecule has 1 aromatic carbocycles. The highest BCUT2D eigenvalue weighted by atomic mass is 127. The Balaban J connectivity index is 0.00000320. The van der Waals surface area contributed by atoms with E-state index in [0.29, 0.717) is 6.54 Å². The summed E-state index contributed by atoms with van der Waals surface area (Å²) in [6.45, 7) is 7.86. The van der Waals surface area contributed by atoms with Gasteiger partial charge >= 0.3 is 0 Å². The molecule has 2 aromatic rings. The summed E-state index contributed by atoms with van der Waals surface area (Å²) in [6.07, 6.45) is 3.82. The van der Waals surface area contributed by atoms with Crippen LogP contribution in [0.4, 0.5) is 0 Å². The number of thiazole rings is 1. The molecule has 0 aliphatic carbocycles. The summed E-state index contributed by atoms with van der Waals surface area (Å²) in [5, 5.41) is 8.01. The van der Waals surface area contributed by atoms with Gasteiger partial charge in [0.05, 0.1) is 25.4 Å². The monoisotopic (exact) mass is 543 g/mol. The molecule has 8 heteroatoms. The van der Waals surface area contributed by atoms with E-state index in [2.05, 4.69) is 51.5 Å². The molecule has 3 rings (SSSR count). The lowest BCUT2D eigenvalue weighted by Gasteiger charge is -2.35. The Labute approximate surface area is 201 Å². The van der Waals surface area contributed by atoms with E-state index < -0.39 is 0 Å². The van der Waals surface area contributed by atoms with Crippen molar-refractivity contribution in [3.8, 4) is 5.75 Å². The maximum atomic E-state index is 5.66. The van der Waals surface area contributed by atoms with Crippen molar-refractivity contribution < 1.29 is 4.74 Å². The van der Waals surface area contributed by atoms with Gasteiger partial charge in [-0.05, 0) is 45.8 Å². The fourth-order valence-corrected chi connectivity index (χ4v) is 4.67. The van der Waals surface area contributed by atoms with Crippen LogP contribution in [0, 0.1) is 13.8 Å². The molecule has 30 heavy (non-hydrogen) atoms. The van der Waals surface area contributed by atoms with E-state index in [1.54, 1.807) is 18.4 Å². The summed E-state index contributed by atoms with van der Waals surface area (Å²) < 4.78 is 5.66. The molecule has 6 nitrogen and oxygen atoms in total. The lowest BCUT2D eigenvalue weighted by molar-refractivity contribution is 0.161. The number of piperidine rings is 1. The summed E-state index contributed by atoms with van der Waals surface area (Å²) in [5.74, 6) is 1.74. The number of rotatable bonds is 7. The molecule has 166 valence electrons. The number of nitrogens with one attached hydrogen (secondary N) is 2. The number of nitrogens with zero attached hydrogens (tertiary/aromatic N) is 3. The number of halogens is 1. The van der Waals surface area contributed by atoms with Crippen molar-refractivity contribution in [1.82, 2.24) is 20.5 Å². The first-order chi connectivity index (χ1) is 14.1. The first-order valence-corrected chi connectivity index (χ1v) is 11.2. The number of methoxy groups -OCH3 is 1. The van der Waals surface area contributed by atoms with E-state index >= 15 is 0 Å². The zero-order valence-electron chi connectivity index (χ0n) is 18.4. The van der Waals surface area contributed by atoms with Crippen molar-refractivity contribution in [3.63, 3.8) is 0 Å². The van der Waals surface area contributed by atoms with Gasteiger partial charge in [-0.25, -0.2) is 4.98 Å². The summed E-state index contributed by atoms with van der Waals surface area (Å²) in [6, 6.07) is 8.59. The third-order valence-corrected chi connectivity index (χ3v) is 6.57. The molecule has 1 saturated heterocycles. The number of para-hydroxylation sites is 1. The number of aryl methyl sites for hydroxylation is 2. The fourth-order valence-electron chi connectivity index (χ4n) is 3.80. The van der Waals surface area contributed by atoms with Crippen LogP contribution in [-0.2, 0) is 6.54 Å². The van der Waals surface area contributed by atoms with Crippen LogP contribution in [0.1, 0.15) is 46.4 Å². The van der Waals surface area contributed by atoms with Crippen molar-refractivity contribution >= 4 is 41.3 Å². The lowest BCUT2D eigenvalue weighted by atomic mass is 10.0. The van der Waals surface area contributed by atoms with Crippen molar-refractivity contribution in [1.29, 1.82) is 0 Å². The van der Waals surface area contributed by atoms with E-state index in [1.165, 1.54) is 29.7 Å². The van der Waals surface area contributed by atoms with Crippen molar-refractivity contribution in [2.24, 2.45) is 4.99 Å². The molecule has 1 aliphatic rings. The van der Waals surface area contributed by atoms with E-state index in [1.807, 2.05) is 19.2 Å². The highest BCUT2D eigenvalue weighted by Crippen LogP contribution is 2.30. The van der Waals surface area contributed by atoms with Gasteiger partial charge in [-0.1, -0.05) is 24.6 Å². The zero-order chi connectivity index (χ0) is 20.6. The summed E-state index contributed by atoms with van der Waals surface area (Å²) in [5.41, 5.74) is 2.34. The third kappa shape index (κ3) is 6.55. The van der Waals surface area contributed by atoms with Gasteiger partial charge in [0, 0.05) is 24.0 Å². The summed E-state index contributed by atoms with van der Waals surface area (Å²) >= 11 is 1.73. The second kappa shape index (κ2) is 12.5. The molecule has 1 fully saturated rings. The number of aliphatic imine (C=N–C) groups is 1. The number of guanidine groups is 1. The van der Waals surface area contributed by atoms with Crippen LogP contribution in [-0.4, -0.2) is 49.6 Å². The van der Waals surface area contributed by atoms with Gasteiger partial charge in [-0.15, -0.1) is 35.3 Å². The van der Waals surface area contributed by atoms with Crippen molar-refractivity contribution in [2.45, 2.75) is 45.7 Å². The van der Waals surface area contributed by atoms with Gasteiger partial charge < -0.3 is 15.4 Å². The predicted molar refractivity (Wildman–Crippen MR) is 136 cm³/mol. The zero-order valence-corrected chi connectivity index (χ0v) is 21.5. The molecule has 2 heterocycles. The van der Waals surface area contributed by atoms with Gasteiger partial charge in [0.15, 0.2) is 5.96 Å². The Morgan fingerprint density at radius 1 is 1.20 bits per heavy atom. The Bertz CT molecular complexity index is 800. The molecule has 0 spiro atoms. The molecule has 1 aromatic heterocycles. The fraction of sp³-hybridized carbons (Fsp3) is 0.545. The molecule has 2 N–H and O–H groups in total. The number of likely N-dealkylation sites (tertiary alicyclic amines) is 1. The average Bonchev–Trinajstić information content (AvgIpc) is 3.08. The molecule has 1 atom stereocenters. The standard InChI is InChI=1S/C22H33N5OS.HI/c1-16-17(2)29-21(26-16)15-25-22(23-3)24-14-19(27-12-8-5-9-13-27)18-10-6-7-11-20(18)28-4;/h6-7,10-11,19H,5,8-9,12-15H2,1-4H3,(H2,23,24,25);1H. The highest BCUT2D eigenvalue weighted by Gasteiger charge is 2.25. The lowest BCUT2D eigenvalue weighted by Crippen LogP contribution is -2.44. The molecule has 1 unspecified atom stereocenters. The minimum Gasteiger partial charge on any atom is -0.496 e. The van der Waals surface area contributed by atoms with Crippen LogP contribution in [0.15, 0.2) is 29.3 Å². The first kappa shape index (κ1) is 24.9. The van der Waals surface area contributed by atoms with Gasteiger partial charge in [-0.2, -0.15) is 0 Å². The second-order valence-electron chi connectivity index (χ2n) is 7.41. The summed E-state index contributed by atoms with van der Waals surface area (Å²) in [7, 11) is 3.56. The maximum Gasteiger partial charge on any atom is 0.191 e. The quantitative estimate of drug-likeness (QED) is 0.310. The molecular formula is C22H34IN5OS. The van der Waals surface area contributed by atoms with E-state index in [0.717, 1.165) is 42.0 Å². The van der Waals surface area contributed by atoms with Gasteiger partial charge in [-0.3, -0.25) is 9.89 Å². The average molecular weight is 544 g/mol. The number of hydrogen-bond acceptors (Lipinski definition) is 5. The number of benzene rings is 1. The minimum absolute atomic E-state index is 0. The molecular weight excluding hydrogens is 509 g/mol. The van der Waals surface area contributed by atoms with Crippen LogP contribution in [0.25, 0.3) is 0 Å². The predicted octanol–water partition coefficient (Wildman–Crippen LogP) is 4.28. The topological polar surface area (TPSA) is 61.8 Å². The van der Waals surface area contributed by atoms with Crippen LogP contribution in [0.2, 0.25) is 0 Å². The smallest absolute Gasteiger partial charge is 0.191 e. The van der Waals surface area contributed by atoms with Crippen LogP contribution in [0.3, 0.4) is 0 Å². The minimum atomic E-state index is 0. The Hall–Kier alpha value is -1.39. The largest absolute Gasteiger partial charge is 0.496 e. The number of hydrogen-bond donors (Lipinski definition) is 2. The van der Waals surface area contributed by atoms with E-state index in [4.69, 9.17) is 4.74 Å². The number of aromatic nitrogens is 1. The second-order valence-corrected chi connectivity index (χ2v) is 8.70. The Morgan fingerprint density at radius 2 is 1.93 bits per heavy atom. The molecule has 1 aliphatic heterocycles. The van der Waals surface area contributed by atoms with E-state index in [9.17, 15) is 0 Å². The van der Waals surface area contributed by atoms with Gasteiger partial charge in [0.1, 0.15) is 10.8 Å². The molecule has 0 saturated carbocycles. The molecule has 0 radical (unpaired) electrons. The van der Waals surface area contributed by atoms with E-state index in [-0.39, 0.29) is 30.0 Å². The van der Waals surface area contributed by atoms with Crippen molar-refractivity contribution in [2.75, 3.05) is 33.8 Å². The van der Waals surface area contributed by atoms with Crippen LogP contribution >= 0.6 is 35.3 Å². The number of ether oxygens (including phenoxy) is 1. The third-order valence-electron chi connectivity index (χ3n) is 5.50. The highest BCUT2D eigenvalue weighted by molar-refractivity contribution is 14.0. The van der Waals surface area contributed by atoms with Gasteiger partial charge in [0.25, 0.3) is 0 Å². The molecule has 0 amide bonds. The normalized spacial score (nSPS) is 15.9. The Kier molecular flexibility index (Phi) is 10.3.